The van der Waals surface area contributed by atoms with Gasteiger partial charge in [0.2, 0.25) is 5.91 Å². The highest BCUT2D eigenvalue weighted by Gasteiger charge is 2.36. The fraction of sp³-hybridized carbons (Fsp3) is 0.522. The van der Waals surface area contributed by atoms with Crippen molar-refractivity contribution in [1.29, 1.82) is 0 Å². The summed E-state index contributed by atoms with van der Waals surface area (Å²) in [5.74, 6) is 0.137. The van der Waals surface area contributed by atoms with Crippen molar-refractivity contribution < 1.29 is 23.8 Å². The number of halogens is 1. The lowest BCUT2D eigenvalue weighted by Gasteiger charge is -2.37. The third-order valence-electron chi connectivity index (χ3n) is 5.83. The van der Waals surface area contributed by atoms with Crippen molar-refractivity contribution in [3.8, 4) is 5.75 Å². The van der Waals surface area contributed by atoms with E-state index in [1.165, 1.54) is 17.0 Å². The molecular formula is C23H29FN2O4S. The zero-order valence-electron chi connectivity index (χ0n) is 17.7. The Morgan fingerprint density at radius 3 is 2.97 bits per heavy atom. The van der Waals surface area contributed by atoms with Gasteiger partial charge in [-0.2, -0.15) is 0 Å². The van der Waals surface area contributed by atoms with Crippen LogP contribution in [0.25, 0.3) is 0 Å². The van der Waals surface area contributed by atoms with Crippen LogP contribution in [0.15, 0.2) is 35.7 Å². The van der Waals surface area contributed by atoms with Crippen molar-refractivity contribution in [2.24, 2.45) is 0 Å². The number of aliphatic hydroxyl groups is 1. The molecule has 8 heteroatoms. The van der Waals surface area contributed by atoms with Crippen LogP contribution in [0.5, 0.6) is 5.75 Å². The molecule has 1 N–H and O–H groups in total. The fourth-order valence-electron chi connectivity index (χ4n) is 4.17. The number of thiophene rings is 1. The van der Waals surface area contributed by atoms with E-state index in [1.54, 1.807) is 30.6 Å². The van der Waals surface area contributed by atoms with E-state index in [0.29, 0.717) is 24.9 Å². The van der Waals surface area contributed by atoms with Crippen LogP contribution in [0, 0.1) is 5.82 Å². The Kier molecular flexibility index (Phi) is 7.22. The number of benzene rings is 1. The van der Waals surface area contributed by atoms with Gasteiger partial charge in [-0.15, -0.1) is 11.3 Å². The molecule has 2 atom stereocenters. The average Bonchev–Trinajstić information content (AvgIpc) is 3.48. The summed E-state index contributed by atoms with van der Waals surface area (Å²) >= 11 is 1.70. The second-order valence-corrected chi connectivity index (χ2v) is 9.19. The molecule has 0 radical (unpaired) electrons. The number of rotatable bonds is 10. The summed E-state index contributed by atoms with van der Waals surface area (Å²) in [6, 6.07) is 8.26. The number of hydrogen-bond acceptors (Lipinski definition) is 6. The first kappa shape index (κ1) is 22.2. The number of methoxy groups -OCH3 is 1. The van der Waals surface area contributed by atoms with Gasteiger partial charge in [0.1, 0.15) is 18.2 Å². The molecule has 1 aromatic carbocycles. The van der Waals surface area contributed by atoms with Crippen LogP contribution in [-0.4, -0.2) is 72.9 Å². The quantitative estimate of drug-likeness (QED) is 0.606. The van der Waals surface area contributed by atoms with Crippen LogP contribution in [0.3, 0.4) is 0 Å². The van der Waals surface area contributed by atoms with Crippen molar-refractivity contribution in [2.45, 2.75) is 37.5 Å². The van der Waals surface area contributed by atoms with Crippen LogP contribution in [0.1, 0.15) is 29.3 Å². The summed E-state index contributed by atoms with van der Waals surface area (Å²) in [4.78, 5) is 18.6. The molecule has 2 heterocycles. The molecule has 2 aliphatic rings. The van der Waals surface area contributed by atoms with Gasteiger partial charge < -0.3 is 19.5 Å². The first-order chi connectivity index (χ1) is 15.0. The molecule has 0 bridgehead atoms. The largest absolute Gasteiger partial charge is 0.491 e. The molecule has 1 fully saturated rings. The molecule has 0 unspecified atom stereocenters. The van der Waals surface area contributed by atoms with Crippen molar-refractivity contribution in [2.75, 3.05) is 40.0 Å². The molecule has 31 heavy (non-hydrogen) atoms. The van der Waals surface area contributed by atoms with Gasteiger partial charge in [-0.25, -0.2) is 4.39 Å². The Morgan fingerprint density at radius 2 is 2.23 bits per heavy atom. The Labute approximate surface area is 186 Å². The van der Waals surface area contributed by atoms with Crippen molar-refractivity contribution in [3.05, 3.63) is 52.0 Å². The maximum absolute atomic E-state index is 13.5. The number of fused-ring (bicyclic) bond motifs is 1. The molecule has 1 aliphatic carbocycles. The number of amides is 1. The van der Waals surface area contributed by atoms with Gasteiger partial charge in [-0.05, 0) is 48.4 Å². The molecule has 0 saturated heterocycles. The molecule has 1 saturated carbocycles. The molecule has 168 valence electrons. The SMILES string of the molecule is COC[C@H](O)CN(CC(=O)N1CCc2sccc2[C@@H]1COc1cccc(F)c1)C1CC1. The molecule has 4 rings (SSSR count). The minimum atomic E-state index is -0.615. The minimum absolute atomic E-state index is 0.0289. The monoisotopic (exact) mass is 448 g/mol. The zero-order valence-corrected chi connectivity index (χ0v) is 18.5. The van der Waals surface area contributed by atoms with Crippen LogP contribution in [-0.2, 0) is 16.0 Å². The number of ether oxygens (including phenoxy) is 2. The topological polar surface area (TPSA) is 62.2 Å². The predicted octanol–water partition coefficient (Wildman–Crippen LogP) is 2.86. The van der Waals surface area contributed by atoms with Crippen molar-refractivity contribution >= 4 is 17.2 Å². The second kappa shape index (κ2) is 10.1. The number of nitrogens with zero attached hydrogens (tertiary/aromatic N) is 2. The molecule has 2 aromatic rings. The Bertz CT molecular complexity index is 888. The van der Waals surface area contributed by atoms with Gasteiger partial charge in [0.05, 0.1) is 25.3 Å². The molecule has 0 spiro atoms. The lowest BCUT2D eigenvalue weighted by atomic mass is 10.0. The highest BCUT2D eigenvalue weighted by molar-refractivity contribution is 7.10. The van der Waals surface area contributed by atoms with E-state index in [0.717, 1.165) is 24.8 Å². The highest BCUT2D eigenvalue weighted by Crippen LogP contribution is 2.34. The Hall–Kier alpha value is -2.00. The standard InChI is InChI=1S/C23H29FN2O4S/c1-29-14-18(27)12-25(17-5-6-17)13-23(28)26-9-7-22-20(8-10-31-22)21(26)15-30-19-4-2-3-16(24)11-19/h2-4,8,10-11,17-18,21,27H,5-7,9,12-15H2,1H3/t18-,21+/m1/s1. The molecule has 1 amide bonds. The zero-order chi connectivity index (χ0) is 21.8. The van der Waals surface area contributed by atoms with E-state index in [9.17, 15) is 14.3 Å². The van der Waals surface area contributed by atoms with E-state index < -0.39 is 6.10 Å². The van der Waals surface area contributed by atoms with E-state index in [1.807, 2.05) is 10.3 Å². The summed E-state index contributed by atoms with van der Waals surface area (Å²) < 4.78 is 24.5. The maximum atomic E-state index is 13.5. The molecular weight excluding hydrogens is 419 g/mol. The van der Waals surface area contributed by atoms with E-state index in [-0.39, 0.29) is 37.5 Å². The molecule has 6 nitrogen and oxygen atoms in total. The Balaban J connectivity index is 1.46. The lowest BCUT2D eigenvalue weighted by molar-refractivity contribution is -0.136. The van der Waals surface area contributed by atoms with Crippen LogP contribution >= 0.6 is 11.3 Å². The van der Waals surface area contributed by atoms with Gasteiger partial charge in [-0.3, -0.25) is 9.69 Å². The van der Waals surface area contributed by atoms with Gasteiger partial charge in [0, 0.05) is 37.2 Å². The molecule has 1 aromatic heterocycles. The third-order valence-corrected chi connectivity index (χ3v) is 6.82. The van der Waals surface area contributed by atoms with Gasteiger partial charge in [0.25, 0.3) is 0 Å². The predicted molar refractivity (Wildman–Crippen MR) is 117 cm³/mol. The fourth-order valence-corrected chi connectivity index (χ4v) is 5.10. The summed E-state index contributed by atoms with van der Waals surface area (Å²) in [7, 11) is 1.56. The van der Waals surface area contributed by atoms with E-state index >= 15 is 0 Å². The average molecular weight is 449 g/mol. The third kappa shape index (κ3) is 5.63. The maximum Gasteiger partial charge on any atom is 0.237 e. The van der Waals surface area contributed by atoms with Crippen LogP contribution in [0.4, 0.5) is 4.39 Å². The Morgan fingerprint density at radius 1 is 1.39 bits per heavy atom. The van der Waals surface area contributed by atoms with Gasteiger partial charge in [0.15, 0.2) is 0 Å². The van der Waals surface area contributed by atoms with E-state index in [2.05, 4.69) is 11.0 Å². The summed E-state index contributed by atoms with van der Waals surface area (Å²) in [5.41, 5.74) is 1.11. The van der Waals surface area contributed by atoms with E-state index in [4.69, 9.17) is 9.47 Å². The summed E-state index contributed by atoms with van der Waals surface area (Å²) in [6.45, 7) is 1.84. The number of carbonyl (C=O) groups is 1. The van der Waals surface area contributed by atoms with Crippen molar-refractivity contribution in [3.63, 3.8) is 0 Å². The summed E-state index contributed by atoms with van der Waals surface area (Å²) in [5, 5.41) is 12.2. The second-order valence-electron chi connectivity index (χ2n) is 8.19. The highest BCUT2D eigenvalue weighted by atomic mass is 32.1. The minimum Gasteiger partial charge on any atom is -0.491 e. The first-order valence-electron chi connectivity index (χ1n) is 10.7. The number of carbonyl (C=O) groups excluding carboxylic acids is 1. The van der Waals surface area contributed by atoms with Crippen molar-refractivity contribution in [1.82, 2.24) is 9.80 Å². The van der Waals surface area contributed by atoms with Crippen LogP contribution in [0.2, 0.25) is 0 Å². The smallest absolute Gasteiger partial charge is 0.237 e. The van der Waals surface area contributed by atoms with Gasteiger partial charge in [-0.1, -0.05) is 6.07 Å². The number of hydrogen-bond donors (Lipinski definition) is 1. The normalized spacial score (nSPS) is 19.4. The van der Waals surface area contributed by atoms with Gasteiger partial charge >= 0.3 is 0 Å². The lowest BCUT2D eigenvalue weighted by Crippen LogP contribution is -2.48. The number of aliphatic hydroxyl groups excluding tert-OH is 1. The first-order valence-corrected chi connectivity index (χ1v) is 11.6. The summed E-state index contributed by atoms with van der Waals surface area (Å²) in [6.07, 6.45) is 2.31. The van der Waals surface area contributed by atoms with Crippen LogP contribution < -0.4 is 4.74 Å². The molecule has 1 aliphatic heterocycles.